The SMILES string of the molecule is CCCOCc1occc1C(=O)NN. The van der Waals surface area contributed by atoms with Gasteiger partial charge in [-0.15, -0.1) is 0 Å². The average molecular weight is 198 g/mol. The number of rotatable bonds is 5. The Morgan fingerprint density at radius 2 is 2.50 bits per heavy atom. The van der Waals surface area contributed by atoms with E-state index in [2.05, 4.69) is 0 Å². The van der Waals surface area contributed by atoms with Gasteiger partial charge in [-0.2, -0.15) is 0 Å². The van der Waals surface area contributed by atoms with Gasteiger partial charge in [0.1, 0.15) is 12.4 Å². The van der Waals surface area contributed by atoms with Gasteiger partial charge in [-0.1, -0.05) is 6.92 Å². The lowest BCUT2D eigenvalue weighted by atomic mass is 10.2. The van der Waals surface area contributed by atoms with Gasteiger partial charge >= 0.3 is 0 Å². The van der Waals surface area contributed by atoms with E-state index in [1.54, 1.807) is 6.07 Å². The maximum atomic E-state index is 11.2. The van der Waals surface area contributed by atoms with Crippen molar-refractivity contribution in [3.63, 3.8) is 0 Å². The number of amides is 1. The van der Waals surface area contributed by atoms with Gasteiger partial charge in [-0.05, 0) is 12.5 Å². The molecule has 0 radical (unpaired) electrons. The summed E-state index contributed by atoms with van der Waals surface area (Å²) in [4.78, 5) is 11.2. The maximum Gasteiger partial charge on any atom is 0.268 e. The van der Waals surface area contributed by atoms with Gasteiger partial charge in [-0.3, -0.25) is 10.2 Å². The fourth-order valence-electron chi connectivity index (χ4n) is 1.04. The van der Waals surface area contributed by atoms with E-state index in [0.29, 0.717) is 24.5 Å². The lowest BCUT2D eigenvalue weighted by Crippen LogP contribution is -2.30. The normalized spacial score (nSPS) is 10.1. The molecule has 3 N–H and O–H groups in total. The second kappa shape index (κ2) is 5.41. The van der Waals surface area contributed by atoms with Gasteiger partial charge in [0.05, 0.1) is 11.8 Å². The molecule has 1 rings (SSSR count). The first kappa shape index (κ1) is 10.7. The molecule has 0 aromatic carbocycles. The monoisotopic (exact) mass is 198 g/mol. The van der Waals surface area contributed by atoms with Crippen molar-refractivity contribution in [1.82, 2.24) is 5.43 Å². The molecule has 1 amide bonds. The van der Waals surface area contributed by atoms with E-state index in [4.69, 9.17) is 15.0 Å². The highest BCUT2D eigenvalue weighted by Gasteiger charge is 2.12. The number of carbonyl (C=O) groups excluding carboxylic acids is 1. The van der Waals surface area contributed by atoms with Gasteiger partial charge in [0, 0.05) is 6.61 Å². The molecule has 1 heterocycles. The van der Waals surface area contributed by atoms with Gasteiger partial charge < -0.3 is 9.15 Å². The summed E-state index contributed by atoms with van der Waals surface area (Å²) in [6.45, 7) is 2.95. The molecular weight excluding hydrogens is 184 g/mol. The minimum Gasteiger partial charge on any atom is -0.466 e. The first-order valence-electron chi connectivity index (χ1n) is 4.44. The minimum atomic E-state index is -0.367. The molecule has 0 aliphatic heterocycles. The Kier molecular flexibility index (Phi) is 4.15. The van der Waals surface area contributed by atoms with Crippen LogP contribution < -0.4 is 11.3 Å². The van der Waals surface area contributed by atoms with Crippen LogP contribution in [0.25, 0.3) is 0 Å². The molecule has 0 spiro atoms. The molecule has 78 valence electrons. The topological polar surface area (TPSA) is 77.5 Å². The fraction of sp³-hybridized carbons (Fsp3) is 0.444. The Balaban J connectivity index is 2.58. The van der Waals surface area contributed by atoms with Crippen LogP contribution in [-0.2, 0) is 11.3 Å². The number of nitrogens with one attached hydrogen (secondary N) is 1. The van der Waals surface area contributed by atoms with Crippen molar-refractivity contribution >= 4 is 5.91 Å². The van der Waals surface area contributed by atoms with Crippen LogP contribution in [0.5, 0.6) is 0 Å². The predicted molar refractivity (Wildman–Crippen MR) is 50.3 cm³/mol. The zero-order chi connectivity index (χ0) is 10.4. The van der Waals surface area contributed by atoms with Crippen LogP contribution in [0.15, 0.2) is 16.7 Å². The Morgan fingerprint density at radius 3 is 3.14 bits per heavy atom. The molecule has 0 saturated carbocycles. The van der Waals surface area contributed by atoms with Crippen LogP contribution in [0.3, 0.4) is 0 Å². The molecule has 0 saturated heterocycles. The largest absolute Gasteiger partial charge is 0.466 e. The Hall–Kier alpha value is -1.33. The zero-order valence-corrected chi connectivity index (χ0v) is 8.08. The summed E-state index contributed by atoms with van der Waals surface area (Å²) in [6.07, 6.45) is 2.37. The highest BCUT2D eigenvalue weighted by molar-refractivity contribution is 5.94. The van der Waals surface area contributed by atoms with Crippen LogP contribution in [0.4, 0.5) is 0 Å². The molecule has 1 aromatic rings. The molecule has 5 nitrogen and oxygen atoms in total. The Bertz CT molecular complexity index is 296. The minimum absolute atomic E-state index is 0.295. The number of hydrogen-bond acceptors (Lipinski definition) is 4. The summed E-state index contributed by atoms with van der Waals surface area (Å²) >= 11 is 0. The smallest absolute Gasteiger partial charge is 0.268 e. The number of carbonyl (C=O) groups is 1. The fourth-order valence-corrected chi connectivity index (χ4v) is 1.04. The van der Waals surface area contributed by atoms with Gasteiger partial charge in [-0.25, -0.2) is 5.84 Å². The molecule has 0 fully saturated rings. The van der Waals surface area contributed by atoms with E-state index in [9.17, 15) is 4.79 Å². The summed E-state index contributed by atoms with van der Waals surface area (Å²) in [6, 6.07) is 1.56. The molecule has 5 heteroatoms. The second-order valence-electron chi connectivity index (χ2n) is 2.78. The van der Waals surface area contributed by atoms with E-state index in [0.717, 1.165) is 6.42 Å². The van der Waals surface area contributed by atoms with E-state index < -0.39 is 0 Å². The van der Waals surface area contributed by atoms with Crippen molar-refractivity contribution in [2.24, 2.45) is 5.84 Å². The molecule has 0 atom stereocenters. The quantitative estimate of drug-likeness (QED) is 0.317. The molecule has 0 bridgehead atoms. The van der Waals surface area contributed by atoms with Gasteiger partial charge in [0.15, 0.2) is 0 Å². The average Bonchev–Trinajstić information content (AvgIpc) is 2.65. The summed E-state index contributed by atoms with van der Waals surface area (Å²) < 4.78 is 10.3. The number of nitrogen functional groups attached to an aromatic ring is 1. The van der Waals surface area contributed by atoms with E-state index in [1.165, 1.54) is 6.26 Å². The molecule has 0 unspecified atom stereocenters. The van der Waals surface area contributed by atoms with Crippen molar-refractivity contribution in [1.29, 1.82) is 0 Å². The van der Waals surface area contributed by atoms with E-state index in [-0.39, 0.29) is 5.91 Å². The first-order valence-corrected chi connectivity index (χ1v) is 4.44. The molecular formula is C9H14N2O3. The number of ether oxygens (including phenoxy) is 1. The van der Waals surface area contributed by atoms with Crippen molar-refractivity contribution < 1.29 is 13.9 Å². The number of nitrogens with two attached hydrogens (primary N) is 1. The maximum absolute atomic E-state index is 11.2. The van der Waals surface area contributed by atoms with Crippen molar-refractivity contribution in [3.05, 3.63) is 23.7 Å². The lowest BCUT2D eigenvalue weighted by molar-refractivity contribution is 0.0919. The van der Waals surface area contributed by atoms with Gasteiger partial charge in [0.25, 0.3) is 5.91 Å². The molecule has 14 heavy (non-hydrogen) atoms. The van der Waals surface area contributed by atoms with E-state index in [1.807, 2.05) is 12.3 Å². The Morgan fingerprint density at radius 1 is 1.71 bits per heavy atom. The van der Waals surface area contributed by atoms with Crippen molar-refractivity contribution in [2.75, 3.05) is 6.61 Å². The third kappa shape index (κ3) is 2.58. The van der Waals surface area contributed by atoms with Crippen molar-refractivity contribution in [2.45, 2.75) is 20.0 Å². The molecule has 0 aliphatic carbocycles. The van der Waals surface area contributed by atoms with E-state index >= 15 is 0 Å². The Labute approximate surface area is 82.2 Å². The van der Waals surface area contributed by atoms with Crippen LogP contribution in [0, 0.1) is 0 Å². The summed E-state index contributed by atoms with van der Waals surface area (Å²) in [5.74, 6) is 5.14. The standard InChI is InChI=1S/C9H14N2O3/c1-2-4-13-6-8-7(3-5-14-8)9(12)11-10/h3,5H,2,4,6,10H2,1H3,(H,11,12). The molecule has 0 aliphatic rings. The highest BCUT2D eigenvalue weighted by atomic mass is 16.5. The molecule has 1 aromatic heterocycles. The van der Waals surface area contributed by atoms with Crippen molar-refractivity contribution in [3.8, 4) is 0 Å². The third-order valence-electron chi connectivity index (χ3n) is 1.70. The first-order chi connectivity index (χ1) is 6.79. The van der Waals surface area contributed by atoms with Crippen LogP contribution in [-0.4, -0.2) is 12.5 Å². The number of hydrazine groups is 1. The summed E-state index contributed by atoms with van der Waals surface area (Å²) in [5.41, 5.74) is 2.46. The number of hydrogen-bond donors (Lipinski definition) is 2. The predicted octanol–water partition coefficient (Wildman–Crippen LogP) is 0.810. The third-order valence-corrected chi connectivity index (χ3v) is 1.70. The summed E-state index contributed by atoms with van der Waals surface area (Å²) in [5, 5.41) is 0. The van der Waals surface area contributed by atoms with Crippen LogP contribution >= 0.6 is 0 Å². The number of furan rings is 1. The highest BCUT2D eigenvalue weighted by Crippen LogP contribution is 2.11. The van der Waals surface area contributed by atoms with Gasteiger partial charge in [0.2, 0.25) is 0 Å². The van der Waals surface area contributed by atoms with Crippen LogP contribution in [0.1, 0.15) is 29.5 Å². The summed E-state index contributed by atoms with van der Waals surface area (Å²) in [7, 11) is 0. The zero-order valence-electron chi connectivity index (χ0n) is 8.08. The second-order valence-corrected chi connectivity index (χ2v) is 2.78. The lowest BCUT2D eigenvalue weighted by Gasteiger charge is -2.02. The van der Waals surface area contributed by atoms with Crippen LogP contribution in [0.2, 0.25) is 0 Å².